The van der Waals surface area contributed by atoms with Crippen LogP contribution in [0.4, 0.5) is 5.88 Å². The highest BCUT2D eigenvalue weighted by atomic mass is 16.5. The molecule has 2 aromatic carbocycles. The van der Waals surface area contributed by atoms with Crippen LogP contribution in [0.3, 0.4) is 0 Å². The molecule has 0 aliphatic heterocycles. The van der Waals surface area contributed by atoms with Gasteiger partial charge < -0.3 is 14.5 Å². The molecule has 7 heteroatoms. The molecule has 1 N–H and O–H groups in total. The van der Waals surface area contributed by atoms with Crippen LogP contribution in [-0.2, 0) is 6.54 Å². The van der Waals surface area contributed by atoms with Crippen molar-refractivity contribution in [1.29, 1.82) is 5.26 Å². The van der Waals surface area contributed by atoms with Gasteiger partial charge >= 0.3 is 0 Å². The first kappa shape index (κ1) is 20.2. The van der Waals surface area contributed by atoms with Crippen molar-refractivity contribution < 1.29 is 9.15 Å². The van der Waals surface area contributed by atoms with Crippen molar-refractivity contribution >= 4 is 5.88 Å². The first-order chi connectivity index (χ1) is 15.2. The molecule has 0 aliphatic carbocycles. The van der Waals surface area contributed by atoms with Gasteiger partial charge in [0.15, 0.2) is 5.89 Å². The summed E-state index contributed by atoms with van der Waals surface area (Å²) in [5.74, 6) is 1.61. The molecule has 0 aliphatic rings. The Morgan fingerprint density at radius 2 is 2.00 bits per heavy atom. The Morgan fingerprint density at radius 1 is 1.16 bits per heavy atom. The number of rotatable bonds is 8. The van der Waals surface area contributed by atoms with Gasteiger partial charge in [-0.2, -0.15) is 10.4 Å². The molecule has 4 aromatic rings. The van der Waals surface area contributed by atoms with E-state index in [1.807, 2.05) is 65.5 Å². The van der Waals surface area contributed by atoms with Gasteiger partial charge in [-0.25, -0.2) is 9.67 Å². The summed E-state index contributed by atoms with van der Waals surface area (Å²) in [5, 5.41) is 17.3. The van der Waals surface area contributed by atoms with E-state index in [-0.39, 0.29) is 5.69 Å². The van der Waals surface area contributed by atoms with E-state index < -0.39 is 0 Å². The third-order valence-corrected chi connectivity index (χ3v) is 4.67. The molecule has 0 saturated carbocycles. The van der Waals surface area contributed by atoms with Crippen molar-refractivity contribution in [2.24, 2.45) is 0 Å². The molecular formula is C24H23N5O2. The molecule has 2 heterocycles. The van der Waals surface area contributed by atoms with Crippen molar-refractivity contribution in [1.82, 2.24) is 14.8 Å². The molecule has 0 spiro atoms. The zero-order chi connectivity index (χ0) is 21.6. The Hall–Kier alpha value is -4.05. The van der Waals surface area contributed by atoms with Crippen LogP contribution >= 0.6 is 0 Å². The Morgan fingerprint density at radius 3 is 2.77 bits per heavy atom. The van der Waals surface area contributed by atoms with Gasteiger partial charge in [-0.3, -0.25) is 0 Å². The summed E-state index contributed by atoms with van der Waals surface area (Å²) in [6.45, 7) is 4.88. The van der Waals surface area contributed by atoms with E-state index in [9.17, 15) is 5.26 Å². The van der Waals surface area contributed by atoms with Crippen LogP contribution in [0.25, 0.3) is 16.9 Å². The average molecular weight is 413 g/mol. The number of aryl methyl sites for hydroxylation is 1. The smallest absolute Gasteiger partial charge is 0.232 e. The fraction of sp³-hybridized carbons (Fsp3) is 0.208. The van der Waals surface area contributed by atoms with Gasteiger partial charge in [0.05, 0.1) is 18.0 Å². The summed E-state index contributed by atoms with van der Waals surface area (Å²) in [6, 6.07) is 19.9. The number of ether oxygens (including phenoxy) is 1. The molecular weight excluding hydrogens is 390 g/mol. The quantitative estimate of drug-likeness (QED) is 0.432. The summed E-state index contributed by atoms with van der Waals surface area (Å²) in [5.41, 5.74) is 3.93. The lowest BCUT2D eigenvalue weighted by Gasteiger charge is -2.07. The summed E-state index contributed by atoms with van der Waals surface area (Å²) in [6.07, 6.45) is 2.92. The molecule has 156 valence electrons. The lowest BCUT2D eigenvalue weighted by Crippen LogP contribution is -2.01. The van der Waals surface area contributed by atoms with Crippen LogP contribution in [0.15, 0.2) is 65.2 Å². The molecule has 31 heavy (non-hydrogen) atoms. The Labute approximate surface area is 180 Å². The van der Waals surface area contributed by atoms with Crippen LogP contribution < -0.4 is 10.1 Å². The van der Waals surface area contributed by atoms with E-state index in [1.165, 1.54) is 0 Å². The van der Waals surface area contributed by atoms with Gasteiger partial charge in [-0.05, 0) is 30.7 Å². The van der Waals surface area contributed by atoms with Crippen LogP contribution in [0, 0.1) is 18.3 Å². The number of nitrogens with one attached hydrogen (secondary N) is 1. The molecule has 7 nitrogen and oxygen atoms in total. The largest absolute Gasteiger partial charge is 0.494 e. The van der Waals surface area contributed by atoms with Gasteiger partial charge in [-0.1, -0.05) is 37.3 Å². The molecule has 0 saturated heterocycles. The van der Waals surface area contributed by atoms with Crippen LogP contribution in [0.1, 0.15) is 30.5 Å². The van der Waals surface area contributed by atoms with Crippen LogP contribution in [-0.4, -0.2) is 21.4 Å². The number of oxazole rings is 1. The molecule has 0 unspecified atom stereocenters. The maximum absolute atomic E-state index is 9.27. The van der Waals surface area contributed by atoms with Crippen molar-refractivity contribution in [3.63, 3.8) is 0 Å². The number of benzene rings is 2. The number of para-hydroxylation sites is 1. The van der Waals surface area contributed by atoms with E-state index in [0.29, 0.717) is 24.9 Å². The standard InChI is InChI=1S/C24H23N5O2/c1-3-12-30-21-11-7-8-18(13-21)23-19(15-26-24-22(14-25)27-17(2)31-24)16-29(28-23)20-9-5-4-6-10-20/h4-11,13,16,26H,3,12,15H2,1-2H3. The fourth-order valence-electron chi connectivity index (χ4n) is 3.25. The minimum Gasteiger partial charge on any atom is -0.494 e. The van der Waals surface area contributed by atoms with Crippen molar-refractivity contribution in [2.45, 2.75) is 26.8 Å². The van der Waals surface area contributed by atoms with E-state index in [4.69, 9.17) is 14.3 Å². The minimum atomic E-state index is 0.240. The van der Waals surface area contributed by atoms with Crippen molar-refractivity contribution in [2.75, 3.05) is 11.9 Å². The highest BCUT2D eigenvalue weighted by Crippen LogP contribution is 2.28. The number of nitrogens with zero attached hydrogens (tertiary/aromatic N) is 4. The molecule has 0 amide bonds. The number of hydrogen-bond acceptors (Lipinski definition) is 6. The molecule has 0 atom stereocenters. The van der Waals surface area contributed by atoms with Gasteiger partial charge in [0, 0.05) is 30.8 Å². The summed E-state index contributed by atoms with van der Waals surface area (Å²) in [4.78, 5) is 4.09. The third-order valence-electron chi connectivity index (χ3n) is 4.67. The molecule has 2 aromatic heterocycles. The SMILES string of the molecule is CCCOc1cccc(-c2nn(-c3ccccc3)cc2CNc2oc(C)nc2C#N)c1. The number of anilines is 1. The predicted molar refractivity (Wildman–Crippen MR) is 118 cm³/mol. The second-order valence-electron chi connectivity index (χ2n) is 7.04. The lowest BCUT2D eigenvalue weighted by molar-refractivity contribution is 0.317. The second-order valence-corrected chi connectivity index (χ2v) is 7.04. The van der Waals surface area contributed by atoms with Crippen molar-refractivity contribution in [3.8, 4) is 28.8 Å². The van der Waals surface area contributed by atoms with E-state index in [1.54, 1.807) is 6.92 Å². The van der Waals surface area contributed by atoms with Gasteiger partial charge in [0.25, 0.3) is 0 Å². The maximum Gasteiger partial charge on any atom is 0.232 e. The highest BCUT2D eigenvalue weighted by molar-refractivity contribution is 5.65. The summed E-state index contributed by atoms with van der Waals surface area (Å²) < 4.78 is 13.2. The number of hydrogen-bond donors (Lipinski definition) is 1. The van der Waals surface area contributed by atoms with E-state index >= 15 is 0 Å². The minimum absolute atomic E-state index is 0.240. The average Bonchev–Trinajstić information content (AvgIpc) is 3.40. The second kappa shape index (κ2) is 9.18. The van der Waals surface area contributed by atoms with E-state index in [2.05, 4.69) is 23.3 Å². The summed E-state index contributed by atoms with van der Waals surface area (Å²) in [7, 11) is 0. The zero-order valence-corrected chi connectivity index (χ0v) is 17.5. The molecule has 0 bridgehead atoms. The zero-order valence-electron chi connectivity index (χ0n) is 17.5. The topological polar surface area (TPSA) is 88.9 Å². The number of nitriles is 1. The lowest BCUT2D eigenvalue weighted by atomic mass is 10.1. The van der Waals surface area contributed by atoms with Gasteiger partial charge in [0.1, 0.15) is 11.8 Å². The Kier molecular flexibility index (Phi) is 5.99. The van der Waals surface area contributed by atoms with E-state index in [0.717, 1.165) is 34.7 Å². The number of aromatic nitrogens is 3. The normalized spacial score (nSPS) is 10.6. The van der Waals surface area contributed by atoms with Gasteiger partial charge in [0.2, 0.25) is 11.6 Å². The van der Waals surface area contributed by atoms with Gasteiger partial charge in [-0.15, -0.1) is 0 Å². The fourth-order valence-corrected chi connectivity index (χ4v) is 3.25. The molecule has 0 fully saturated rings. The Balaban J connectivity index is 1.69. The predicted octanol–water partition coefficient (Wildman–Crippen LogP) is 5.11. The maximum atomic E-state index is 9.27. The first-order valence-corrected chi connectivity index (χ1v) is 10.2. The molecule has 0 radical (unpaired) electrons. The monoisotopic (exact) mass is 413 g/mol. The Bertz CT molecular complexity index is 1200. The third kappa shape index (κ3) is 4.59. The molecule has 4 rings (SSSR count). The highest BCUT2D eigenvalue weighted by Gasteiger charge is 2.16. The van der Waals surface area contributed by atoms with Crippen molar-refractivity contribution in [3.05, 3.63) is 77.9 Å². The first-order valence-electron chi connectivity index (χ1n) is 10.2. The summed E-state index contributed by atoms with van der Waals surface area (Å²) >= 11 is 0. The van der Waals surface area contributed by atoms with Crippen LogP contribution in [0.2, 0.25) is 0 Å². The van der Waals surface area contributed by atoms with Crippen LogP contribution in [0.5, 0.6) is 5.75 Å².